The Kier molecular flexibility index (Phi) is 3.16. The minimum absolute atomic E-state index is 0.0331. The molecular weight excluding hydrogens is 317 g/mol. The van der Waals surface area contributed by atoms with Crippen LogP contribution in [0.4, 0.5) is 13.2 Å². The summed E-state index contributed by atoms with van der Waals surface area (Å²) in [6.07, 6.45) is -4.54. The van der Waals surface area contributed by atoms with Crippen molar-refractivity contribution >= 4 is 11.0 Å². The molecule has 0 radical (unpaired) electrons. The molecule has 0 aliphatic rings. The molecule has 2 heterocycles. The van der Waals surface area contributed by atoms with Crippen LogP contribution < -0.4 is 0 Å². The van der Waals surface area contributed by atoms with Gasteiger partial charge in [-0.25, -0.2) is 4.98 Å². The van der Waals surface area contributed by atoms with Gasteiger partial charge in [-0.05, 0) is 18.2 Å². The number of alkyl halides is 3. The third kappa shape index (κ3) is 2.44. The first-order valence-corrected chi connectivity index (χ1v) is 7.20. The number of imidazole rings is 1. The van der Waals surface area contributed by atoms with Gasteiger partial charge in [0.15, 0.2) is 5.69 Å². The molecule has 120 valence electrons. The lowest BCUT2D eigenvalue weighted by molar-refractivity contribution is -0.142. The maximum Gasteiger partial charge on any atom is 0.433 e. The summed E-state index contributed by atoms with van der Waals surface area (Å²) in [4.78, 5) is 7.09. The Morgan fingerprint density at radius 1 is 0.917 bits per heavy atom. The zero-order valence-electron chi connectivity index (χ0n) is 12.2. The van der Waals surface area contributed by atoms with Crippen LogP contribution in [0.3, 0.4) is 0 Å². The molecule has 2 aromatic carbocycles. The smallest absolute Gasteiger partial charge is 0.322 e. The summed E-state index contributed by atoms with van der Waals surface area (Å²) in [5, 5.41) is 4.12. The lowest BCUT2D eigenvalue weighted by Gasteiger charge is -2.07. The van der Waals surface area contributed by atoms with Gasteiger partial charge >= 0.3 is 6.18 Å². The zero-order chi connectivity index (χ0) is 16.7. The van der Waals surface area contributed by atoms with Crippen molar-refractivity contribution in [3.05, 3.63) is 66.4 Å². The molecule has 0 saturated heterocycles. The minimum atomic E-state index is -4.54. The fourth-order valence-corrected chi connectivity index (χ4v) is 2.53. The molecule has 2 aromatic heterocycles. The molecule has 4 rings (SSSR count). The molecule has 0 aliphatic carbocycles. The molecular formula is C17H11F3N4. The number of benzene rings is 2. The maximum atomic E-state index is 13.4. The second kappa shape index (κ2) is 5.23. The van der Waals surface area contributed by atoms with Crippen LogP contribution in [0.5, 0.6) is 0 Å². The van der Waals surface area contributed by atoms with Crippen molar-refractivity contribution in [2.24, 2.45) is 0 Å². The summed E-state index contributed by atoms with van der Waals surface area (Å²) in [7, 11) is 0. The quantitative estimate of drug-likeness (QED) is 0.591. The predicted molar refractivity (Wildman–Crippen MR) is 83.7 cm³/mol. The topological polar surface area (TPSA) is 46.5 Å². The van der Waals surface area contributed by atoms with Crippen molar-refractivity contribution in [1.82, 2.24) is 19.7 Å². The highest BCUT2D eigenvalue weighted by atomic mass is 19.4. The molecule has 7 heteroatoms. The second-order valence-electron chi connectivity index (χ2n) is 5.27. The molecule has 4 aromatic rings. The van der Waals surface area contributed by atoms with E-state index in [4.69, 9.17) is 0 Å². The van der Waals surface area contributed by atoms with Gasteiger partial charge in [0.25, 0.3) is 0 Å². The third-order valence-electron chi connectivity index (χ3n) is 3.65. The summed E-state index contributed by atoms with van der Waals surface area (Å²) in [6.45, 7) is 0. The monoisotopic (exact) mass is 328 g/mol. The van der Waals surface area contributed by atoms with E-state index in [0.717, 1.165) is 10.7 Å². The number of para-hydroxylation sites is 2. The third-order valence-corrected chi connectivity index (χ3v) is 3.65. The van der Waals surface area contributed by atoms with Crippen LogP contribution >= 0.6 is 0 Å². The first-order chi connectivity index (χ1) is 11.5. The largest absolute Gasteiger partial charge is 0.433 e. The normalized spacial score (nSPS) is 12.0. The number of hydrogen-bond donors (Lipinski definition) is 1. The van der Waals surface area contributed by atoms with Crippen LogP contribution in [0.1, 0.15) is 5.69 Å². The molecule has 0 bridgehead atoms. The molecule has 24 heavy (non-hydrogen) atoms. The van der Waals surface area contributed by atoms with Gasteiger partial charge in [-0.1, -0.05) is 42.5 Å². The van der Waals surface area contributed by atoms with Gasteiger partial charge < -0.3 is 4.98 Å². The first-order valence-electron chi connectivity index (χ1n) is 7.20. The number of H-pyrrole nitrogens is 1. The summed E-state index contributed by atoms with van der Waals surface area (Å²) < 4.78 is 41.1. The van der Waals surface area contributed by atoms with E-state index in [1.165, 1.54) is 0 Å². The zero-order valence-corrected chi connectivity index (χ0v) is 12.2. The van der Waals surface area contributed by atoms with Crippen LogP contribution in [0.25, 0.3) is 28.2 Å². The van der Waals surface area contributed by atoms with Crippen molar-refractivity contribution in [2.75, 3.05) is 0 Å². The lowest BCUT2D eigenvalue weighted by atomic mass is 10.1. The van der Waals surface area contributed by atoms with Gasteiger partial charge in [0.1, 0.15) is 0 Å². The van der Waals surface area contributed by atoms with Crippen LogP contribution in [0.2, 0.25) is 0 Å². The molecule has 0 fully saturated rings. The Morgan fingerprint density at radius 2 is 1.62 bits per heavy atom. The highest BCUT2D eigenvalue weighted by Crippen LogP contribution is 2.33. The summed E-state index contributed by atoms with van der Waals surface area (Å²) in [5.74, 6) is 0.0331. The van der Waals surface area contributed by atoms with Gasteiger partial charge in [-0.2, -0.15) is 23.0 Å². The van der Waals surface area contributed by atoms with Gasteiger partial charge in [0.05, 0.1) is 16.7 Å². The Balaban J connectivity index is 1.91. The molecule has 0 aliphatic heterocycles. The predicted octanol–water partition coefficient (Wildman–Crippen LogP) is 4.43. The number of aromatic nitrogens is 4. The minimum Gasteiger partial charge on any atom is -0.322 e. The average molecular weight is 328 g/mol. The van der Waals surface area contributed by atoms with Crippen LogP contribution in [0, 0.1) is 0 Å². The van der Waals surface area contributed by atoms with Crippen molar-refractivity contribution in [1.29, 1.82) is 0 Å². The fraction of sp³-hybridized carbons (Fsp3) is 0.0588. The van der Waals surface area contributed by atoms with Crippen LogP contribution in [-0.4, -0.2) is 19.7 Å². The standard InChI is InChI=1S/C17H11F3N4/c18-17(19,20)15-10-14(11-6-2-1-3-7-11)23-24(15)16-21-12-8-4-5-9-13(12)22-16/h1-10H,(H,21,22). The second-order valence-corrected chi connectivity index (χ2v) is 5.27. The Bertz CT molecular complexity index is 967. The van der Waals surface area contributed by atoms with E-state index in [-0.39, 0.29) is 11.6 Å². The highest BCUT2D eigenvalue weighted by Gasteiger charge is 2.37. The molecule has 0 spiro atoms. The van der Waals surface area contributed by atoms with E-state index in [1.54, 1.807) is 54.6 Å². The fourth-order valence-electron chi connectivity index (χ4n) is 2.53. The Labute approximate surface area is 134 Å². The number of fused-ring (bicyclic) bond motifs is 1. The molecule has 0 saturated carbocycles. The van der Waals surface area contributed by atoms with Crippen LogP contribution in [0.15, 0.2) is 60.7 Å². The molecule has 4 nitrogen and oxygen atoms in total. The molecule has 1 N–H and O–H groups in total. The van der Waals surface area contributed by atoms with Gasteiger partial charge in [-0.3, -0.25) is 0 Å². The van der Waals surface area contributed by atoms with Crippen molar-refractivity contribution in [3.8, 4) is 17.2 Å². The highest BCUT2D eigenvalue weighted by molar-refractivity contribution is 5.76. The number of hydrogen-bond acceptors (Lipinski definition) is 2. The van der Waals surface area contributed by atoms with E-state index in [1.807, 2.05) is 0 Å². The number of nitrogens with zero attached hydrogens (tertiary/aromatic N) is 3. The number of aromatic amines is 1. The van der Waals surface area contributed by atoms with E-state index >= 15 is 0 Å². The van der Waals surface area contributed by atoms with Crippen molar-refractivity contribution < 1.29 is 13.2 Å². The number of nitrogens with one attached hydrogen (secondary N) is 1. The van der Waals surface area contributed by atoms with E-state index in [9.17, 15) is 13.2 Å². The first kappa shape index (κ1) is 14.5. The Hall–Kier alpha value is -3.09. The number of rotatable bonds is 2. The summed E-state index contributed by atoms with van der Waals surface area (Å²) in [5.41, 5.74) is 1.21. The molecule has 0 unspecified atom stereocenters. The van der Waals surface area contributed by atoms with E-state index in [2.05, 4.69) is 15.1 Å². The molecule has 0 atom stereocenters. The van der Waals surface area contributed by atoms with Crippen LogP contribution in [-0.2, 0) is 6.18 Å². The van der Waals surface area contributed by atoms with Gasteiger partial charge in [0, 0.05) is 5.56 Å². The SMILES string of the molecule is FC(F)(F)c1cc(-c2ccccc2)nn1-c1nc2ccccc2[nH]1. The number of halogens is 3. The van der Waals surface area contributed by atoms with E-state index < -0.39 is 11.9 Å². The van der Waals surface area contributed by atoms with Crippen molar-refractivity contribution in [3.63, 3.8) is 0 Å². The van der Waals surface area contributed by atoms with Crippen molar-refractivity contribution in [2.45, 2.75) is 6.18 Å². The molecule has 0 amide bonds. The van der Waals surface area contributed by atoms with Gasteiger partial charge in [0.2, 0.25) is 5.95 Å². The average Bonchev–Trinajstić information content (AvgIpc) is 3.19. The lowest BCUT2D eigenvalue weighted by Crippen LogP contribution is -2.14. The van der Waals surface area contributed by atoms with E-state index in [0.29, 0.717) is 16.6 Å². The Morgan fingerprint density at radius 3 is 2.33 bits per heavy atom. The summed E-state index contributed by atoms with van der Waals surface area (Å²) in [6, 6.07) is 16.8. The maximum absolute atomic E-state index is 13.4. The van der Waals surface area contributed by atoms with Gasteiger partial charge in [-0.15, -0.1) is 0 Å². The summed E-state index contributed by atoms with van der Waals surface area (Å²) >= 11 is 0.